The Morgan fingerprint density at radius 2 is 2.10 bits per heavy atom. The lowest BCUT2D eigenvalue weighted by Gasteiger charge is -2.03. The first-order valence-electron chi connectivity index (χ1n) is 5.77. The number of nitrogens with one attached hydrogen (secondary N) is 1. The molecule has 0 bridgehead atoms. The molecule has 2 rings (SSSR count). The van der Waals surface area contributed by atoms with Gasteiger partial charge in [0.05, 0.1) is 11.6 Å². The maximum Gasteiger partial charge on any atom is 0.357 e. The van der Waals surface area contributed by atoms with Gasteiger partial charge in [-0.25, -0.2) is 14.8 Å². The molecule has 0 fully saturated rings. The van der Waals surface area contributed by atoms with Crippen LogP contribution in [0.15, 0.2) is 17.5 Å². The highest BCUT2D eigenvalue weighted by atomic mass is 35.5. The summed E-state index contributed by atoms with van der Waals surface area (Å²) >= 11 is 12.7. The maximum absolute atomic E-state index is 12.0. The first-order valence-corrected chi connectivity index (χ1v) is 7.41. The summed E-state index contributed by atoms with van der Waals surface area (Å²) in [5.41, 5.74) is 0.111. The second-order valence-electron chi connectivity index (χ2n) is 3.68. The van der Waals surface area contributed by atoms with Crippen LogP contribution in [0.5, 0.6) is 0 Å². The SMILES string of the molecule is CCOC(=O)c1csc(NC(=O)c2nc(Cl)ccc2Cl)n1. The van der Waals surface area contributed by atoms with E-state index in [-0.39, 0.29) is 33.3 Å². The Kier molecular flexibility index (Phi) is 5.11. The van der Waals surface area contributed by atoms with Crippen LogP contribution in [-0.4, -0.2) is 28.5 Å². The largest absolute Gasteiger partial charge is 0.461 e. The van der Waals surface area contributed by atoms with E-state index in [0.717, 1.165) is 11.3 Å². The number of aromatic nitrogens is 2. The lowest BCUT2D eigenvalue weighted by Crippen LogP contribution is -2.14. The molecule has 0 aliphatic heterocycles. The van der Waals surface area contributed by atoms with Crippen LogP contribution in [-0.2, 0) is 4.74 Å². The van der Waals surface area contributed by atoms with Crippen molar-refractivity contribution in [3.63, 3.8) is 0 Å². The molecule has 9 heteroatoms. The lowest BCUT2D eigenvalue weighted by atomic mass is 10.3. The molecule has 0 radical (unpaired) electrons. The van der Waals surface area contributed by atoms with E-state index in [1.54, 1.807) is 6.92 Å². The van der Waals surface area contributed by atoms with Crippen molar-refractivity contribution in [1.29, 1.82) is 0 Å². The summed E-state index contributed by atoms with van der Waals surface area (Å²) in [5, 5.41) is 4.54. The molecule has 2 aromatic rings. The summed E-state index contributed by atoms with van der Waals surface area (Å²) in [6, 6.07) is 2.95. The standard InChI is InChI=1S/C12H9Cl2N3O3S/c1-2-20-11(19)7-5-21-12(15-7)17-10(18)9-6(13)3-4-8(14)16-9/h3-5H,2H2,1H3,(H,15,17,18). The third kappa shape index (κ3) is 3.90. The fourth-order valence-corrected chi connectivity index (χ4v) is 2.38. The Morgan fingerprint density at radius 3 is 2.81 bits per heavy atom. The molecule has 2 heterocycles. The molecule has 0 saturated heterocycles. The molecule has 0 atom stereocenters. The van der Waals surface area contributed by atoms with Crippen molar-refractivity contribution in [3.8, 4) is 0 Å². The van der Waals surface area contributed by atoms with Crippen molar-refractivity contribution in [2.24, 2.45) is 0 Å². The predicted octanol–water partition coefficient (Wildman–Crippen LogP) is 3.27. The molecule has 110 valence electrons. The lowest BCUT2D eigenvalue weighted by molar-refractivity contribution is 0.0520. The number of thiazole rings is 1. The molecule has 0 unspecified atom stereocenters. The number of carbonyl (C=O) groups excluding carboxylic acids is 2. The van der Waals surface area contributed by atoms with Gasteiger partial charge in [-0.2, -0.15) is 0 Å². The number of hydrogen-bond donors (Lipinski definition) is 1. The van der Waals surface area contributed by atoms with Gasteiger partial charge < -0.3 is 4.74 Å². The van der Waals surface area contributed by atoms with Gasteiger partial charge in [0.1, 0.15) is 10.8 Å². The smallest absolute Gasteiger partial charge is 0.357 e. The van der Waals surface area contributed by atoms with Crippen molar-refractivity contribution in [2.45, 2.75) is 6.92 Å². The fraction of sp³-hybridized carbons (Fsp3) is 0.167. The van der Waals surface area contributed by atoms with Crippen LogP contribution in [0, 0.1) is 0 Å². The van der Waals surface area contributed by atoms with Gasteiger partial charge >= 0.3 is 5.97 Å². The highest BCUT2D eigenvalue weighted by Gasteiger charge is 2.17. The van der Waals surface area contributed by atoms with Crippen molar-refractivity contribution < 1.29 is 14.3 Å². The van der Waals surface area contributed by atoms with Crippen molar-refractivity contribution in [1.82, 2.24) is 9.97 Å². The van der Waals surface area contributed by atoms with Crippen molar-refractivity contribution in [3.05, 3.63) is 39.1 Å². The second-order valence-corrected chi connectivity index (χ2v) is 5.33. The fourth-order valence-electron chi connectivity index (χ4n) is 1.36. The average Bonchev–Trinajstić information content (AvgIpc) is 2.90. The Morgan fingerprint density at radius 1 is 1.33 bits per heavy atom. The number of ether oxygens (including phenoxy) is 1. The molecule has 0 aromatic carbocycles. The monoisotopic (exact) mass is 345 g/mol. The van der Waals surface area contributed by atoms with E-state index in [1.165, 1.54) is 17.5 Å². The maximum atomic E-state index is 12.0. The minimum absolute atomic E-state index is 0.0166. The number of halogens is 2. The molecule has 2 aromatic heterocycles. The summed E-state index contributed by atoms with van der Waals surface area (Å²) in [7, 11) is 0. The van der Waals surface area contributed by atoms with Crippen LogP contribution in [0.25, 0.3) is 0 Å². The van der Waals surface area contributed by atoms with E-state index in [1.807, 2.05) is 0 Å². The van der Waals surface area contributed by atoms with Gasteiger partial charge in [0.15, 0.2) is 10.8 Å². The zero-order chi connectivity index (χ0) is 15.4. The van der Waals surface area contributed by atoms with Crippen LogP contribution in [0.2, 0.25) is 10.2 Å². The van der Waals surface area contributed by atoms with Crippen molar-refractivity contribution in [2.75, 3.05) is 11.9 Å². The van der Waals surface area contributed by atoms with E-state index in [0.29, 0.717) is 0 Å². The highest BCUT2D eigenvalue weighted by molar-refractivity contribution is 7.14. The first kappa shape index (κ1) is 15.7. The minimum atomic E-state index is -0.563. The molecular weight excluding hydrogens is 337 g/mol. The Labute approximate surface area is 134 Å². The van der Waals surface area contributed by atoms with Gasteiger partial charge in [-0.05, 0) is 19.1 Å². The highest BCUT2D eigenvalue weighted by Crippen LogP contribution is 2.20. The van der Waals surface area contributed by atoms with Gasteiger partial charge in [0.2, 0.25) is 0 Å². The number of rotatable bonds is 4. The molecule has 0 spiro atoms. The number of esters is 1. The number of amides is 1. The summed E-state index contributed by atoms with van der Waals surface area (Å²) in [5.74, 6) is -1.11. The third-order valence-corrected chi connectivity index (χ3v) is 3.51. The van der Waals surface area contributed by atoms with E-state index >= 15 is 0 Å². The molecule has 6 nitrogen and oxygen atoms in total. The summed E-state index contributed by atoms with van der Waals surface area (Å²) in [6.07, 6.45) is 0. The zero-order valence-electron chi connectivity index (χ0n) is 10.7. The molecule has 21 heavy (non-hydrogen) atoms. The molecule has 0 saturated carbocycles. The van der Waals surface area contributed by atoms with Crippen LogP contribution in [0.4, 0.5) is 5.13 Å². The quantitative estimate of drug-likeness (QED) is 0.679. The Hall–Kier alpha value is -1.70. The van der Waals surface area contributed by atoms with Crippen LogP contribution < -0.4 is 5.32 Å². The number of hydrogen-bond acceptors (Lipinski definition) is 6. The molecule has 0 aliphatic rings. The Bertz CT molecular complexity index is 690. The van der Waals surface area contributed by atoms with E-state index < -0.39 is 11.9 Å². The van der Waals surface area contributed by atoms with Gasteiger partial charge in [0.25, 0.3) is 5.91 Å². The first-order chi connectivity index (χ1) is 10.0. The second kappa shape index (κ2) is 6.84. The van der Waals surface area contributed by atoms with Gasteiger partial charge in [-0.15, -0.1) is 11.3 Å². The summed E-state index contributed by atoms with van der Waals surface area (Å²) in [4.78, 5) is 31.3. The summed E-state index contributed by atoms with van der Waals surface area (Å²) < 4.78 is 4.81. The molecular formula is C12H9Cl2N3O3S. The Balaban J connectivity index is 2.13. The number of pyridine rings is 1. The van der Waals surface area contributed by atoms with Crippen molar-refractivity contribution >= 4 is 51.5 Å². The normalized spacial score (nSPS) is 10.2. The zero-order valence-corrected chi connectivity index (χ0v) is 13.1. The number of nitrogens with zero attached hydrogens (tertiary/aromatic N) is 2. The minimum Gasteiger partial charge on any atom is -0.461 e. The molecule has 0 aliphatic carbocycles. The topological polar surface area (TPSA) is 81.2 Å². The van der Waals surface area contributed by atoms with E-state index in [2.05, 4.69) is 15.3 Å². The van der Waals surface area contributed by atoms with Gasteiger partial charge in [-0.1, -0.05) is 23.2 Å². The van der Waals surface area contributed by atoms with Gasteiger partial charge in [-0.3, -0.25) is 10.1 Å². The van der Waals surface area contributed by atoms with Crippen LogP contribution in [0.3, 0.4) is 0 Å². The van der Waals surface area contributed by atoms with Gasteiger partial charge in [0, 0.05) is 5.38 Å². The van der Waals surface area contributed by atoms with Crippen LogP contribution in [0.1, 0.15) is 27.9 Å². The average molecular weight is 346 g/mol. The molecule has 1 amide bonds. The predicted molar refractivity (Wildman–Crippen MR) is 80.3 cm³/mol. The third-order valence-electron chi connectivity index (χ3n) is 2.24. The number of anilines is 1. The molecule has 1 N–H and O–H groups in total. The van der Waals surface area contributed by atoms with E-state index in [4.69, 9.17) is 27.9 Å². The van der Waals surface area contributed by atoms with E-state index in [9.17, 15) is 9.59 Å². The number of carbonyl (C=O) groups is 2. The summed E-state index contributed by atoms with van der Waals surface area (Å²) in [6.45, 7) is 1.94. The van der Waals surface area contributed by atoms with Crippen LogP contribution >= 0.6 is 34.5 Å².